The Bertz CT molecular complexity index is 445. The Balaban J connectivity index is 1.36. The van der Waals surface area contributed by atoms with Gasteiger partial charge in [0.1, 0.15) is 5.75 Å². The molecular weight excluding hydrogens is 284 g/mol. The van der Waals surface area contributed by atoms with Crippen LogP contribution < -0.4 is 4.74 Å². The number of hydrogen-bond donors (Lipinski definition) is 0. The van der Waals surface area contributed by atoms with Crippen molar-refractivity contribution in [3.63, 3.8) is 0 Å². The van der Waals surface area contributed by atoms with Crippen LogP contribution in [0.1, 0.15) is 37.7 Å². The van der Waals surface area contributed by atoms with Crippen molar-refractivity contribution < 1.29 is 4.74 Å². The molecule has 3 heteroatoms. The highest BCUT2D eigenvalue weighted by molar-refractivity contribution is 5.27. The third-order valence-electron chi connectivity index (χ3n) is 5.57. The van der Waals surface area contributed by atoms with Crippen LogP contribution in [0.2, 0.25) is 0 Å². The summed E-state index contributed by atoms with van der Waals surface area (Å²) in [5.74, 6) is 1.82. The van der Waals surface area contributed by atoms with Crippen LogP contribution in [0.25, 0.3) is 0 Å². The van der Waals surface area contributed by atoms with Crippen molar-refractivity contribution >= 4 is 0 Å². The van der Waals surface area contributed by atoms with Crippen LogP contribution in [0.4, 0.5) is 0 Å². The van der Waals surface area contributed by atoms with E-state index in [1.807, 2.05) is 0 Å². The molecule has 1 aromatic carbocycles. The average Bonchev–Trinajstić information content (AvgIpc) is 2.63. The molecule has 2 fully saturated rings. The van der Waals surface area contributed by atoms with Gasteiger partial charge in [-0.15, -0.1) is 0 Å². The predicted octanol–water partition coefficient (Wildman–Crippen LogP) is 3.44. The minimum atomic E-state index is 0.856. The number of rotatable bonds is 6. The molecule has 0 saturated carbocycles. The Hall–Kier alpha value is -1.06. The monoisotopic (exact) mass is 316 g/mol. The van der Waals surface area contributed by atoms with Crippen LogP contribution in [0, 0.1) is 5.92 Å². The first-order chi connectivity index (χ1) is 11.3. The number of ether oxygens (including phenoxy) is 1. The van der Waals surface area contributed by atoms with Crippen LogP contribution in [-0.4, -0.2) is 56.2 Å². The summed E-state index contributed by atoms with van der Waals surface area (Å²) in [5, 5.41) is 0. The molecule has 0 radical (unpaired) electrons. The zero-order chi connectivity index (χ0) is 15.9. The van der Waals surface area contributed by atoms with Gasteiger partial charge in [-0.05, 0) is 81.9 Å². The first-order valence-corrected chi connectivity index (χ1v) is 9.41. The Morgan fingerprint density at radius 2 is 1.48 bits per heavy atom. The standard InChI is InChI=1S/C20H32N2O/c1-23-20-7-5-18(6-8-20)17-19-9-13-22(14-10-19)16-15-21-11-3-2-4-12-21/h5-8,19H,2-4,9-17H2,1H3. The number of likely N-dealkylation sites (tertiary alicyclic amines) is 2. The fourth-order valence-corrected chi connectivity index (χ4v) is 3.97. The Morgan fingerprint density at radius 1 is 0.870 bits per heavy atom. The van der Waals surface area contributed by atoms with E-state index in [2.05, 4.69) is 34.1 Å². The summed E-state index contributed by atoms with van der Waals surface area (Å²) in [5.41, 5.74) is 1.46. The fraction of sp³-hybridized carbons (Fsp3) is 0.700. The van der Waals surface area contributed by atoms with Crippen molar-refractivity contribution in [2.75, 3.05) is 46.4 Å². The molecule has 0 unspecified atom stereocenters. The first-order valence-electron chi connectivity index (χ1n) is 9.41. The van der Waals surface area contributed by atoms with Gasteiger partial charge in [-0.2, -0.15) is 0 Å². The summed E-state index contributed by atoms with van der Waals surface area (Å²) < 4.78 is 5.24. The van der Waals surface area contributed by atoms with E-state index in [9.17, 15) is 0 Å². The summed E-state index contributed by atoms with van der Waals surface area (Å²) in [4.78, 5) is 5.34. The smallest absolute Gasteiger partial charge is 0.118 e. The predicted molar refractivity (Wildman–Crippen MR) is 96.2 cm³/mol. The van der Waals surface area contributed by atoms with Crippen LogP contribution in [0.15, 0.2) is 24.3 Å². The molecule has 3 rings (SSSR count). The Kier molecular flexibility index (Phi) is 6.35. The lowest BCUT2D eigenvalue weighted by Gasteiger charge is -2.34. The molecule has 2 heterocycles. The van der Waals surface area contributed by atoms with Gasteiger partial charge in [-0.1, -0.05) is 18.6 Å². The number of benzene rings is 1. The second-order valence-corrected chi connectivity index (χ2v) is 7.24. The van der Waals surface area contributed by atoms with Crippen molar-refractivity contribution in [3.05, 3.63) is 29.8 Å². The molecule has 0 aliphatic carbocycles. The maximum Gasteiger partial charge on any atom is 0.118 e. The third-order valence-corrected chi connectivity index (χ3v) is 5.57. The molecule has 3 nitrogen and oxygen atoms in total. The molecule has 0 bridgehead atoms. The SMILES string of the molecule is COc1ccc(CC2CCN(CCN3CCCCC3)CC2)cc1. The number of hydrogen-bond acceptors (Lipinski definition) is 3. The van der Waals surface area contributed by atoms with E-state index in [0.29, 0.717) is 0 Å². The summed E-state index contributed by atoms with van der Waals surface area (Å²) in [7, 11) is 1.73. The van der Waals surface area contributed by atoms with Crippen molar-refractivity contribution in [1.29, 1.82) is 0 Å². The van der Waals surface area contributed by atoms with Crippen LogP contribution >= 0.6 is 0 Å². The van der Waals surface area contributed by atoms with E-state index < -0.39 is 0 Å². The maximum atomic E-state index is 5.24. The quantitative estimate of drug-likeness (QED) is 0.799. The van der Waals surface area contributed by atoms with Gasteiger partial charge in [0.05, 0.1) is 7.11 Å². The molecule has 0 N–H and O–H groups in total. The molecular formula is C20H32N2O. The van der Waals surface area contributed by atoms with Gasteiger partial charge in [-0.25, -0.2) is 0 Å². The second-order valence-electron chi connectivity index (χ2n) is 7.24. The molecule has 23 heavy (non-hydrogen) atoms. The minimum Gasteiger partial charge on any atom is -0.497 e. The number of piperidine rings is 2. The van der Waals surface area contributed by atoms with Crippen molar-refractivity contribution in [3.8, 4) is 5.75 Å². The van der Waals surface area contributed by atoms with Crippen molar-refractivity contribution in [2.45, 2.75) is 38.5 Å². The van der Waals surface area contributed by atoms with E-state index in [0.717, 1.165) is 11.7 Å². The van der Waals surface area contributed by atoms with Crippen LogP contribution in [-0.2, 0) is 6.42 Å². The van der Waals surface area contributed by atoms with Gasteiger partial charge in [0.15, 0.2) is 0 Å². The first kappa shape index (κ1) is 16.8. The minimum absolute atomic E-state index is 0.856. The fourth-order valence-electron chi connectivity index (χ4n) is 3.97. The van der Waals surface area contributed by atoms with Gasteiger partial charge in [-0.3, -0.25) is 0 Å². The molecule has 2 aliphatic rings. The normalized spacial score (nSPS) is 21.4. The van der Waals surface area contributed by atoms with Gasteiger partial charge in [0.25, 0.3) is 0 Å². The zero-order valence-electron chi connectivity index (χ0n) is 14.7. The topological polar surface area (TPSA) is 15.7 Å². The van der Waals surface area contributed by atoms with E-state index >= 15 is 0 Å². The molecule has 1 aromatic rings. The molecule has 2 aliphatic heterocycles. The lowest BCUT2D eigenvalue weighted by atomic mass is 9.90. The highest BCUT2D eigenvalue weighted by atomic mass is 16.5. The molecule has 0 spiro atoms. The summed E-state index contributed by atoms with van der Waals surface area (Å²) in [6, 6.07) is 8.62. The van der Waals surface area contributed by atoms with E-state index in [-0.39, 0.29) is 0 Å². The van der Waals surface area contributed by atoms with E-state index in [4.69, 9.17) is 4.74 Å². The molecule has 0 amide bonds. The van der Waals surface area contributed by atoms with Crippen LogP contribution in [0.5, 0.6) is 5.75 Å². The highest BCUT2D eigenvalue weighted by Gasteiger charge is 2.20. The van der Waals surface area contributed by atoms with Crippen molar-refractivity contribution in [1.82, 2.24) is 9.80 Å². The molecule has 128 valence electrons. The van der Waals surface area contributed by atoms with Gasteiger partial charge >= 0.3 is 0 Å². The molecule has 0 aromatic heterocycles. The summed E-state index contributed by atoms with van der Waals surface area (Å²) in [6.07, 6.45) is 8.18. The van der Waals surface area contributed by atoms with Gasteiger partial charge in [0, 0.05) is 13.1 Å². The summed E-state index contributed by atoms with van der Waals surface area (Å²) >= 11 is 0. The van der Waals surface area contributed by atoms with Crippen molar-refractivity contribution in [2.24, 2.45) is 5.92 Å². The molecule has 0 atom stereocenters. The second kappa shape index (κ2) is 8.70. The average molecular weight is 316 g/mol. The zero-order valence-corrected chi connectivity index (χ0v) is 14.7. The lowest BCUT2D eigenvalue weighted by Crippen LogP contribution is -2.41. The van der Waals surface area contributed by atoms with Gasteiger partial charge in [0.2, 0.25) is 0 Å². The number of nitrogens with zero attached hydrogens (tertiary/aromatic N) is 2. The lowest BCUT2D eigenvalue weighted by molar-refractivity contribution is 0.145. The Morgan fingerprint density at radius 3 is 2.09 bits per heavy atom. The van der Waals surface area contributed by atoms with E-state index in [1.54, 1.807) is 7.11 Å². The maximum absolute atomic E-state index is 5.24. The largest absolute Gasteiger partial charge is 0.497 e. The molecule has 2 saturated heterocycles. The Labute approximate surface area is 141 Å². The van der Waals surface area contributed by atoms with E-state index in [1.165, 1.54) is 83.4 Å². The van der Waals surface area contributed by atoms with Gasteiger partial charge < -0.3 is 14.5 Å². The highest BCUT2D eigenvalue weighted by Crippen LogP contribution is 2.23. The van der Waals surface area contributed by atoms with Crippen LogP contribution in [0.3, 0.4) is 0 Å². The third kappa shape index (κ3) is 5.22. The summed E-state index contributed by atoms with van der Waals surface area (Å²) in [6.45, 7) is 7.78. The number of methoxy groups -OCH3 is 1.